The third-order valence-corrected chi connectivity index (χ3v) is 3.98. The number of aryl methyl sites for hydroxylation is 2. The van der Waals surface area contributed by atoms with Crippen molar-refractivity contribution in [1.82, 2.24) is 0 Å². The van der Waals surface area contributed by atoms with Crippen LogP contribution in [0.4, 0.5) is 9.39 Å². The summed E-state index contributed by atoms with van der Waals surface area (Å²) in [4.78, 5) is 13.1. The van der Waals surface area contributed by atoms with E-state index in [1.54, 1.807) is 0 Å². The number of amides is 1. The Morgan fingerprint density at radius 2 is 2.11 bits per heavy atom. The van der Waals surface area contributed by atoms with Gasteiger partial charge in [0.1, 0.15) is 5.82 Å². The molecular weight excluding hydrogens is 273 g/mol. The van der Waals surface area contributed by atoms with Crippen LogP contribution in [0.3, 0.4) is 0 Å². The third kappa shape index (κ3) is 2.54. The summed E-state index contributed by atoms with van der Waals surface area (Å²) < 4.78 is 13.5. The van der Waals surface area contributed by atoms with Crippen molar-refractivity contribution in [2.75, 3.05) is 5.32 Å². The van der Waals surface area contributed by atoms with E-state index in [9.17, 15) is 9.18 Å². The molecule has 0 fully saturated rings. The monoisotopic (exact) mass is 283 g/mol. The van der Waals surface area contributed by atoms with Crippen LogP contribution in [0.1, 0.15) is 20.8 Å². The molecule has 2 aromatic rings. The largest absolute Gasteiger partial charge is 0.313 e. The zero-order chi connectivity index (χ0) is 13.3. The average molecular weight is 284 g/mol. The molecule has 0 radical (unpaired) electrons. The summed E-state index contributed by atoms with van der Waals surface area (Å²) in [6.45, 7) is 3.92. The number of hydrogen-bond donors (Lipinski definition) is 1. The highest BCUT2D eigenvalue weighted by Gasteiger charge is 2.16. The molecule has 0 aliphatic rings. The molecule has 1 heterocycles. The number of benzene rings is 1. The molecule has 18 heavy (non-hydrogen) atoms. The highest BCUT2D eigenvalue weighted by molar-refractivity contribution is 7.16. The Labute approximate surface area is 113 Å². The second-order valence-corrected chi connectivity index (χ2v) is 5.56. The van der Waals surface area contributed by atoms with Crippen LogP contribution in [0.5, 0.6) is 0 Å². The van der Waals surface area contributed by atoms with E-state index in [0.717, 1.165) is 10.4 Å². The minimum Gasteiger partial charge on any atom is -0.313 e. The van der Waals surface area contributed by atoms with Crippen LogP contribution >= 0.6 is 22.9 Å². The molecule has 1 N–H and O–H groups in total. The van der Waals surface area contributed by atoms with E-state index in [1.807, 2.05) is 19.9 Å². The molecule has 0 saturated carbocycles. The van der Waals surface area contributed by atoms with E-state index in [2.05, 4.69) is 5.32 Å². The summed E-state index contributed by atoms with van der Waals surface area (Å²) in [5.74, 6) is -1.15. The van der Waals surface area contributed by atoms with Gasteiger partial charge in [0.15, 0.2) is 0 Å². The van der Waals surface area contributed by atoms with Crippen molar-refractivity contribution >= 4 is 33.8 Å². The second kappa shape index (κ2) is 5.08. The second-order valence-electron chi connectivity index (χ2n) is 3.90. The van der Waals surface area contributed by atoms with Crippen molar-refractivity contribution in [2.24, 2.45) is 0 Å². The van der Waals surface area contributed by atoms with E-state index >= 15 is 0 Å². The molecule has 94 valence electrons. The Hall–Kier alpha value is -1.39. The number of rotatable bonds is 2. The minimum absolute atomic E-state index is 0.109. The topological polar surface area (TPSA) is 29.1 Å². The van der Waals surface area contributed by atoms with Gasteiger partial charge >= 0.3 is 0 Å². The van der Waals surface area contributed by atoms with Gasteiger partial charge in [0.2, 0.25) is 0 Å². The lowest BCUT2D eigenvalue weighted by molar-refractivity contribution is 0.102. The smallest absolute Gasteiger partial charge is 0.260 e. The summed E-state index contributed by atoms with van der Waals surface area (Å²) in [6, 6.07) is 6.02. The third-order valence-electron chi connectivity index (χ3n) is 2.59. The fourth-order valence-electron chi connectivity index (χ4n) is 1.52. The Morgan fingerprint density at radius 1 is 1.39 bits per heavy atom. The summed E-state index contributed by atoms with van der Waals surface area (Å²) in [5, 5.41) is 3.45. The van der Waals surface area contributed by atoms with Gasteiger partial charge in [0.25, 0.3) is 5.91 Å². The Morgan fingerprint density at radius 3 is 2.67 bits per heavy atom. The first-order chi connectivity index (χ1) is 8.49. The van der Waals surface area contributed by atoms with E-state index in [1.165, 1.54) is 29.5 Å². The van der Waals surface area contributed by atoms with Gasteiger partial charge in [-0.2, -0.15) is 0 Å². The molecule has 0 bridgehead atoms. The summed E-state index contributed by atoms with van der Waals surface area (Å²) in [7, 11) is 0. The van der Waals surface area contributed by atoms with Gasteiger partial charge in [0, 0.05) is 4.88 Å². The molecule has 0 spiro atoms. The zero-order valence-electron chi connectivity index (χ0n) is 9.88. The first-order valence-electron chi connectivity index (χ1n) is 5.31. The van der Waals surface area contributed by atoms with Crippen molar-refractivity contribution in [2.45, 2.75) is 13.8 Å². The Balaban J connectivity index is 2.27. The van der Waals surface area contributed by atoms with Gasteiger partial charge in [-0.05, 0) is 37.6 Å². The lowest BCUT2D eigenvalue weighted by atomic mass is 10.2. The SMILES string of the molecule is Cc1cc(NC(=O)c2c(F)cccc2Cl)sc1C. The maximum Gasteiger partial charge on any atom is 0.260 e. The molecular formula is C13H11ClFNOS. The molecule has 0 aliphatic carbocycles. The maximum atomic E-state index is 13.5. The number of halogens is 2. The molecule has 0 unspecified atom stereocenters. The number of anilines is 1. The van der Waals surface area contributed by atoms with Gasteiger partial charge in [-0.15, -0.1) is 11.3 Å². The van der Waals surface area contributed by atoms with E-state index < -0.39 is 11.7 Å². The van der Waals surface area contributed by atoms with Crippen LogP contribution in [0.15, 0.2) is 24.3 Å². The maximum absolute atomic E-state index is 13.5. The standard InChI is InChI=1S/C13H11ClFNOS/c1-7-6-11(18-8(7)2)16-13(17)12-9(14)4-3-5-10(12)15/h3-6H,1-2H3,(H,16,17). The van der Waals surface area contributed by atoms with Crippen LogP contribution in [0.25, 0.3) is 0 Å². The van der Waals surface area contributed by atoms with Crippen LogP contribution in [0.2, 0.25) is 5.02 Å². The number of nitrogens with one attached hydrogen (secondary N) is 1. The lowest BCUT2D eigenvalue weighted by Gasteiger charge is -2.05. The number of carbonyl (C=O) groups excluding carboxylic acids is 1. The molecule has 5 heteroatoms. The van der Waals surface area contributed by atoms with Gasteiger partial charge in [-0.1, -0.05) is 17.7 Å². The fourth-order valence-corrected chi connectivity index (χ4v) is 2.70. The van der Waals surface area contributed by atoms with Crippen molar-refractivity contribution < 1.29 is 9.18 Å². The zero-order valence-corrected chi connectivity index (χ0v) is 11.5. The van der Waals surface area contributed by atoms with Gasteiger partial charge in [-0.3, -0.25) is 4.79 Å². The molecule has 2 rings (SSSR count). The Kier molecular flexibility index (Phi) is 3.68. The summed E-state index contributed by atoms with van der Waals surface area (Å²) in [5.41, 5.74) is 0.970. The highest BCUT2D eigenvalue weighted by atomic mass is 35.5. The minimum atomic E-state index is -0.620. The lowest BCUT2D eigenvalue weighted by Crippen LogP contribution is -2.13. The summed E-state index contributed by atoms with van der Waals surface area (Å²) in [6.07, 6.45) is 0. The quantitative estimate of drug-likeness (QED) is 0.869. The van der Waals surface area contributed by atoms with Crippen LogP contribution in [-0.4, -0.2) is 5.91 Å². The first-order valence-corrected chi connectivity index (χ1v) is 6.51. The predicted molar refractivity (Wildman–Crippen MR) is 73.2 cm³/mol. The van der Waals surface area contributed by atoms with Gasteiger partial charge in [-0.25, -0.2) is 4.39 Å². The van der Waals surface area contributed by atoms with Crippen molar-refractivity contribution in [3.05, 3.63) is 51.1 Å². The average Bonchev–Trinajstić information content (AvgIpc) is 2.57. The predicted octanol–water partition coefficient (Wildman–Crippen LogP) is 4.41. The van der Waals surface area contributed by atoms with E-state index in [4.69, 9.17) is 11.6 Å². The first kappa shape index (κ1) is 13.1. The van der Waals surface area contributed by atoms with E-state index in [-0.39, 0.29) is 10.6 Å². The fraction of sp³-hybridized carbons (Fsp3) is 0.154. The van der Waals surface area contributed by atoms with E-state index in [0.29, 0.717) is 5.00 Å². The molecule has 1 aromatic carbocycles. The van der Waals surface area contributed by atoms with Crippen LogP contribution < -0.4 is 5.32 Å². The van der Waals surface area contributed by atoms with Gasteiger partial charge in [0.05, 0.1) is 15.6 Å². The molecule has 1 amide bonds. The molecule has 1 aromatic heterocycles. The van der Waals surface area contributed by atoms with Gasteiger partial charge < -0.3 is 5.32 Å². The Bertz CT molecular complexity index is 569. The van der Waals surface area contributed by atoms with Crippen LogP contribution in [-0.2, 0) is 0 Å². The number of hydrogen-bond acceptors (Lipinski definition) is 2. The van der Waals surface area contributed by atoms with Crippen LogP contribution in [0, 0.1) is 19.7 Å². The normalized spacial score (nSPS) is 10.4. The van der Waals surface area contributed by atoms with Crippen molar-refractivity contribution in [1.29, 1.82) is 0 Å². The molecule has 2 nitrogen and oxygen atoms in total. The number of thiophene rings is 1. The molecule has 0 atom stereocenters. The molecule has 0 saturated heterocycles. The van der Waals surface area contributed by atoms with Crippen molar-refractivity contribution in [3.63, 3.8) is 0 Å². The number of carbonyl (C=O) groups is 1. The highest BCUT2D eigenvalue weighted by Crippen LogP contribution is 2.27. The van der Waals surface area contributed by atoms with Crippen molar-refractivity contribution in [3.8, 4) is 0 Å². The summed E-state index contributed by atoms with van der Waals surface area (Å²) >= 11 is 7.28. The molecule has 0 aliphatic heterocycles.